The van der Waals surface area contributed by atoms with E-state index in [2.05, 4.69) is 51.3 Å². The first-order valence-electron chi connectivity index (χ1n) is 12.8. The smallest absolute Gasteiger partial charge is 0.280 e. The number of hydrogen-bond acceptors (Lipinski definition) is 5. The van der Waals surface area contributed by atoms with Crippen LogP contribution in [-0.4, -0.2) is 47.1 Å². The molecule has 0 aliphatic carbocycles. The van der Waals surface area contributed by atoms with Crippen LogP contribution in [0.5, 0.6) is 0 Å². The second kappa shape index (κ2) is 10.7. The van der Waals surface area contributed by atoms with E-state index < -0.39 is 0 Å². The average Bonchev–Trinajstić information content (AvgIpc) is 3.36. The molecule has 0 radical (unpaired) electrons. The van der Waals surface area contributed by atoms with Crippen molar-refractivity contribution in [2.24, 2.45) is 0 Å². The Morgan fingerprint density at radius 3 is 2.06 bits per heavy atom. The van der Waals surface area contributed by atoms with Crippen molar-refractivity contribution in [1.82, 2.24) is 15.0 Å². The minimum Gasteiger partial charge on any atom is -0.368 e. The normalized spacial score (nSPS) is 14.0. The molecule has 1 aromatic heterocycles. The molecule has 2 heterocycles. The van der Waals surface area contributed by atoms with Crippen molar-refractivity contribution in [3.8, 4) is 0 Å². The van der Waals surface area contributed by atoms with Gasteiger partial charge in [0.1, 0.15) is 5.52 Å². The maximum Gasteiger partial charge on any atom is 0.280 e. The molecule has 1 saturated heterocycles. The van der Waals surface area contributed by atoms with Crippen molar-refractivity contribution in [3.63, 3.8) is 0 Å². The molecule has 35 heavy (non-hydrogen) atoms. The number of fused-ring (bicyclic) bond motifs is 1. The summed E-state index contributed by atoms with van der Waals surface area (Å²) in [6, 6.07) is 24.5. The zero-order valence-electron chi connectivity index (χ0n) is 20.4. The van der Waals surface area contributed by atoms with Crippen LogP contribution in [0.1, 0.15) is 48.5 Å². The lowest BCUT2D eigenvalue weighted by Gasteiger charge is -2.37. The van der Waals surface area contributed by atoms with Crippen LogP contribution >= 0.6 is 0 Å². The van der Waals surface area contributed by atoms with Crippen LogP contribution in [0.15, 0.2) is 72.8 Å². The third-order valence-corrected chi connectivity index (χ3v) is 6.92. The first-order chi connectivity index (χ1) is 17.2. The number of carbonyl (C=O) groups excluding carboxylic acids is 1. The fourth-order valence-electron chi connectivity index (χ4n) is 4.81. The van der Waals surface area contributed by atoms with Crippen molar-refractivity contribution in [2.75, 3.05) is 36.0 Å². The maximum absolute atomic E-state index is 13.0. The van der Waals surface area contributed by atoms with Gasteiger partial charge in [-0.25, -0.2) is 0 Å². The van der Waals surface area contributed by atoms with Gasteiger partial charge in [0.2, 0.25) is 0 Å². The number of hydrogen-bond donors (Lipinski definition) is 0. The largest absolute Gasteiger partial charge is 0.368 e. The lowest BCUT2D eigenvalue weighted by Crippen LogP contribution is -2.46. The monoisotopic (exact) mass is 467 g/mol. The number of aromatic nitrogens is 3. The minimum atomic E-state index is -0.163. The molecule has 1 aliphatic heterocycles. The lowest BCUT2D eigenvalue weighted by atomic mass is 10.1. The standard InChI is InChI=1S/C29H33N5O/c1-2-3-4-5-8-23-11-15-25(16-12-23)32-19-21-33(22-20-32)26-17-13-24(14-18-26)29(35)34-28-10-7-6-9-27(28)30-31-34/h6-7,9-18H,2-5,8,19-22H2,1H3. The molecule has 180 valence electrons. The highest BCUT2D eigenvalue weighted by Crippen LogP contribution is 2.23. The van der Waals surface area contributed by atoms with Crippen LogP contribution in [0.25, 0.3) is 11.0 Å². The lowest BCUT2D eigenvalue weighted by molar-refractivity contribution is 0.0948. The van der Waals surface area contributed by atoms with Crippen molar-refractivity contribution < 1.29 is 4.79 Å². The molecule has 0 bridgehead atoms. The van der Waals surface area contributed by atoms with Crippen molar-refractivity contribution >= 4 is 28.3 Å². The average molecular weight is 468 g/mol. The van der Waals surface area contributed by atoms with Gasteiger partial charge in [0, 0.05) is 43.1 Å². The Balaban J connectivity index is 1.17. The predicted octanol–water partition coefficient (Wildman–Crippen LogP) is 5.57. The van der Waals surface area contributed by atoms with Gasteiger partial charge in [-0.3, -0.25) is 4.79 Å². The molecule has 1 aliphatic rings. The third-order valence-electron chi connectivity index (χ3n) is 6.92. The van der Waals surface area contributed by atoms with E-state index in [9.17, 15) is 4.79 Å². The number of nitrogens with zero attached hydrogens (tertiary/aromatic N) is 5. The van der Waals surface area contributed by atoms with E-state index in [0.29, 0.717) is 5.56 Å². The molecule has 5 rings (SSSR count). The highest BCUT2D eigenvalue weighted by molar-refractivity contribution is 6.00. The molecule has 0 spiro atoms. The second-order valence-electron chi connectivity index (χ2n) is 9.29. The number of anilines is 2. The van der Waals surface area contributed by atoms with E-state index in [0.717, 1.165) is 42.9 Å². The molecule has 3 aromatic carbocycles. The number of para-hydroxylation sites is 1. The van der Waals surface area contributed by atoms with Crippen LogP contribution in [-0.2, 0) is 6.42 Å². The van der Waals surface area contributed by atoms with E-state index in [1.54, 1.807) is 0 Å². The van der Waals surface area contributed by atoms with Crippen molar-refractivity contribution in [3.05, 3.63) is 83.9 Å². The summed E-state index contributed by atoms with van der Waals surface area (Å²) >= 11 is 0. The molecule has 6 heteroatoms. The summed E-state index contributed by atoms with van der Waals surface area (Å²) in [7, 11) is 0. The Hall–Kier alpha value is -3.67. The zero-order valence-corrected chi connectivity index (χ0v) is 20.4. The van der Waals surface area contributed by atoms with Gasteiger partial charge in [-0.05, 0) is 66.9 Å². The first kappa shape index (κ1) is 23.1. The third kappa shape index (κ3) is 5.21. The van der Waals surface area contributed by atoms with Gasteiger partial charge < -0.3 is 9.80 Å². The SMILES string of the molecule is CCCCCCc1ccc(N2CCN(c3ccc(C(=O)n4nnc5ccccc54)cc3)CC2)cc1. The minimum absolute atomic E-state index is 0.163. The molecule has 1 fully saturated rings. The Morgan fingerprint density at radius 1 is 0.771 bits per heavy atom. The molecule has 0 saturated carbocycles. The van der Waals surface area contributed by atoms with Crippen LogP contribution in [0.2, 0.25) is 0 Å². The Kier molecular flexibility index (Phi) is 7.07. The quantitative estimate of drug-likeness (QED) is 0.317. The number of aryl methyl sites for hydroxylation is 1. The Labute approximate surface area is 207 Å². The Bertz CT molecular complexity index is 1250. The van der Waals surface area contributed by atoms with Gasteiger partial charge in [0.15, 0.2) is 0 Å². The van der Waals surface area contributed by atoms with Gasteiger partial charge in [-0.15, -0.1) is 5.10 Å². The number of piperazine rings is 1. The number of benzene rings is 3. The summed E-state index contributed by atoms with van der Waals surface area (Å²) in [6.45, 7) is 6.15. The summed E-state index contributed by atoms with van der Waals surface area (Å²) in [5, 5.41) is 8.14. The molecule has 0 atom stereocenters. The fraction of sp³-hybridized carbons (Fsp3) is 0.345. The predicted molar refractivity (Wildman–Crippen MR) is 142 cm³/mol. The summed E-state index contributed by atoms with van der Waals surface area (Å²) in [5.41, 5.74) is 5.95. The van der Waals surface area contributed by atoms with Crippen LogP contribution in [0.4, 0.5) is 11.4 Å². The number of rotatable bonds is 8. The van der Waals surface area contributed by atoms with Gasteiger partial charge in [0.25, 0.3) is 5.91 Å². The summed E-state index contributed by atoms with van der Waals surface area (Å²) in [5.74, 6) is -0.163. The fourth-order valence-corrected chi connectivity index (χ4v) is 4.81. The topological polar surface area (TPSA) is 54.3 Å². The summed E-state index contributed by atoms with van der Waals surface area (Å²) in [6.07, 6.45) is 6.41. The van der Waals surface area contributed by atoms with Crippen LogP contribution in [0, 0.1) is 0 Å². The zero-order chi connectivity index (χ0) is 24.0. The number of unbranched alkanes of at least 4 members (excludes halogenated alkanes) is 3. The van der Waals surface area contributed by atoms with E-state index in [-0.39, 0.29) is 5.91 Å². The highest BCUT2D eigenvalue weighted by atomic mass is 16.2. The van der Waals surface area contributed by atoms with Gasteiger partial charge in [-0.2, -0.15) is 4.68 Å². The van der Waals surface area contributed by atoms with E-state index in [1.165, 1.54) is 48.0 Å². The summed E-state index contributed by atoms with van der Waals surface area (Å²) < 4.78 is 1.37. The molecule has 6 nitrogen and oxygen atoms in total. The Morgan fingerprint density at radius 2 is 1.40 bits per heavy atom. The molecule has 0 N–H and O–H groups in total. The van der Waals surface area contributed by atoms with Crippen LogP contribution < -0.4 is 9.80 Å². The molecule has 4 aromatic rings. The van der Waals surface area contributed by atoms with E-state index in [1.807, 2.05) is 48.5 Å². The van der Waals surface area contributed by atoms with Gasteiger partial charge in [-0.1, -0.05) is 55.7 Å². The molecule has 0 unspecified atom stereocenters. The first-order valence-corrected chi connectivity index (χ1v) is 12.8. The molecular weight excluding hydrogens is 434 g/mol. The van der Waals surface area contributed by atoms with E-state index >= 15 is 0 Å². The summed E-state index contributed by atoms with van der Waals surface area (Å²) in [4.78, 5) is 17.8. The van der Waals surface area contributed by atoms with Crippen molar-refractivity contribution in [1.29, 1.82) is 0 Å². The molecule has 0 amide bonds. The van der Waals surface area contributed by atoms with E-state index in [4.69, 9.17) is 0 Å². The number of carbonyl (C=O) groups is 1. The maximum atomic E-state index is 13.0. The highest BCUT2D eigenvalue weighted by Gasteiger charge is 2.19. The van der Waals surface area contributed by atoms with Crippen molar-refractivity contribution in [2.45, 2.75) is 39.0 Å². The second-order valence-corrected chi connectivity index (χ2v) is 9.29. The van der Waals surface area contributed by atoms with Gasteiger partial charge in [0.05, 0.1) is 5.52 Å². The van der Waals surface area contributed by atoms with Gasteiger partial charge >= 0.3 is 0 Å². The van der Waals surface area contributed by atoms with Crippen LogP contribution in [0.3, 0.4) is 0 Å². The molecular formula is C29H33N5O.